The van der Waals surface area contributed by atoms with Crippen molar-refractivity contribution >= 4 is 23.2 Å². The fourth-order valence-electron chi connectivity index (χ4n) is 2.64. The van der Waals surface area contributed by atoms with Crippen LogP contribution in [0.1, 0.15) is 26.7 Å². The molecule has 1 aromatic heterocycles. The first-order valence-corrected chi connectivity index (χ1v) is 8.34. The minimum absolute atomic E-state index is 0.0594. The van der Waals surface area contributed by atoms with Crippen molar-refractivity contribution in [2.24, 2.45) is 5.92 Å². The van der Waals surface area contributed by atoms with Crippen LogP contribution in [0.4, 0.5) is 0 Å². The lowest BCUT2D eigenvalue weighted by Crippen LogP contribution is -2.25. The molecule has 120 valence electrons. The first-order chi connectivity index (χ1) is 11.1. The van der Waals surface area contributed by atoms with Crippen LogP contribution < -0.4 is 0 Å². The average Bonchev–Trinajstić information content (AvgIpc) is 3.13. The van der Waals surface area contributed by atoms with Crippen LogP contribution in [0.2, 0.25) is 0 Å². The highest BCUT2D eigenvalue weighted by Crippen LogP contribution is 2.21. The summed E-state index contributed by atoms with van der Waals surface area (Å²) in [5, 5.41) is 0.835. The van der Waals surface area contributed by atoms with Gasteiger partial charge in [-0.25, -0.2) is 9.78 Å². The normalized spacial score (nSPS) is 17.5. The van der Waals surface area contributed by atoms with Crippen molar-refractivity contribution in [1.29, 1.82) is 0 Å². The third kappa shape index (κ3) is 3.96. The van der Waals surface area contributed by atoms with E-state index in [1.807, 2.05) is 42.2 Å². The summed E-state index contributed by atoms with van der Waals surface area (Å²) in [5.41, 5.74) is 1.11. The summed E-state index contributed by atoms with van der Waals surface area (Å²) in [5.74, 6) is -0.183. The van der Waals surface area contributed by atoms with Crippen LogP contribution in [-0.4, -0.2) is 34.9 Å². The lowest BCUT2D eigenvalue weighted by molar-refractivity contribution is -0.128. The van der Waals surface area contributed by atoms with Crippen molar-refractivity contribution < 1.29 is 14.3 Å². The predicted octanol–water partition coefficient (Wildman–Crippen LogP) is 2.66. The number of aromatic nitrogens is 1. The fraction of sp³-hybridized carbons (Fsp3) is 0.353. The maximum Gasteiger partial charge on any atom is 0.349 e. The van der Waals surface area contributed by atoms with Gasteiger partial charge in [-0.3, -0.25) is 4.79 Å². The van der Waals surface area contributed by atoms with Crippen molar-refractivity contribution in [2.45, 2.75) is 19.9 Å². The molecule has 0 aliphatic carbocycles. The van der Waals surface area contributed by atoms with Crippen molar-refractivity contribution in [2.75, 3.05) is 13.2 Å². The van der Waals surface area contributed by atoms with Gasteiger partial charge in [-0.05, 0) is 12.5 Å². The number of esters is 1. The van der Waals surface area contributed by atoms with E-state index in [2.05, 4.69) is 4.98 Å². The van der Waals surface area contributed by atoms with E-state index >= 15 is 0 Å². The van der Waals surface area contributed by atoms with Crippen LogP contribution >= 0.6 is 11.3 Å². The second kappa shape index (κ2) is 6.91. The molecule has 0 radical (unpaired) electrons. The summed E-state index contributed by atoms with van der Waals surface area (Å²) in [4.78, 5) is 30.4. The molecule has 1 aliphatic rings. The number of carbonyl (C=O) groups is 2. The van der Waals surface area contributed by atoms with Gasteiger partial charge >= 0.3 is 5.97 Å². The molecule has 0 saturated carbocycles. The molecule has 2 aromatic rings. The van der Waals surface area contributed by atoms with E-state index in [-0.39, 0.29) is 24.4 Å². The second-order valence-corrected chi connectivity index (χ2v) is 6.91. The zero-order chi connectivity index (χ0) is 16.2. The van der Waals surface area contributed by atoms with Gasteiger partial charge < -0.3 is 9.64 Å². The molecule has 1 aliphatic heterocycles. The number of ether oxygens (including phenoxy) is 1. The summed E-state index contributed by atoms with van der Waals surface area (Å²) in [6, 6.07) is 9.90. The Labute approximate surface area is 138 Å². The van der Waals surface area contributed by atoms with Crippen LogP contribution in [0.25, 0.3) is 0 Å². The topological polar surface area (TPSA) is 59.5 Å². The van der Waals surface area contributed by atoms with E-state index in [1.165, 1.54) is 17.5 Å². The number of aryl methyl sites for hydroxylation is 1. The van der Waals surface area contributed by atoms with Gasteiger partial charge in [0.05, 0.1) is 17.8 Å². The maximum atomic E-state index is 12.1. The van der Waals surface area contributed by atoms with Crippen LogP contribution in [0.15, 0.2) is 36.5 Å². The third-order valence-electron chi connectivity index (χ3n) is 3.78. The van der Waals surface area contributed by atoms with Crippen molar-refractivity contribution in [3.8, 4) is 0 Å². The molecule has 5 nitrogen and oxygen atoms in total. The summed E-state index contributed by atoms with van der Waals surface area (Å²) < 4.78 is 5.32. The number of carbonyl (C=O) groups excluding carboxylic acids is 2. The molecule has 3 rings (SSSR count). The van der Waals surface area contributed by atoms with Crippen LogP contribution in [-0.2, 0) is 16.1 Å². The Morgan fingerprint density at radius 2 is 2.17 bits per heavy atom. The van der Waals surface area contributed by atoms with Gasteiger partial charge in [0.2, 0.25) is 5.91 Å². The van der Waals surface area contributed by atoms with E-state index in [1.54, 1.807) is 0 Å². The van der Waals surface area contributed by atoms with Gasteiger partial charge in [0.25, 0.3) is 0 Å². The molecular formula is C17H18N2O3S. The molecule has 1 atom stereocenters. The number of amides is 1. The van der Waals surface area contributed by atoms with Gasteiger partial charge in [-0.2, -0.15) is 0 Å². The minimum Gasteiger partial charge on any atom is -0.461 e. The van der Waals surface area contributed by atoms with Crippen molar-refractivity contribution in [3.05, 3.63) is 52.0 Å². The molecule has 1 amide bonds. The molecule has 23 heavy (non-hydrogen) atoms. The number of thiazole rings is 1. The van der Waals surface area contributed by atoms with E-state index in [0.717, 1.165) is 10.6 Å². The van der Waals surface area contributed by atoms with Crippen LogP contribution in [0, 0.1) is 12.8 Å². The summed E-state index contributed by atoms with van der Waals surface area (Å²) in [7, 11) is 0. The van der Waals surface area contributed by atoms with Gasteiger partial charge in [0, 0.05) is 25.4 Å². The first kappa shape index (κ1) is 15.7. The predicted molar refractivity (Wildman–Crippen MR) is 87.1 cm³/mol. The zero-order valence-corrected chi connectivity index (χ0v) is 13.7. The number of hydrogen-bond donors (Lipinski definition) is 0. The molecule has 0 N–H and O–H groups in total. The van der Waals surface area contributed by atoms with Gasteiger partial charge in [-0.15, -0.1) is 11.3 Å². The second-order valence-electron chi connectivity index (χ2n) is 5.67. The molecule has 6 heteroatoms. The Morgan fingerprint density at radius 3 is 2.87 bits per heavy atom. The molecule has 1 fully saturated rings. The largest absolute Gasteiger partial charge is 0.461 e. The van der Waals surface area contributed by atoms with Gasteiger partial charge in [0.1, 0.15) is 4.88 Å². The Balaban J connectivity index is 1.50. The maximum absolute atomic E-state index is 12.1. The third-order valence-corrected chi connectivity index (χ3v) is 4.68. The SMILES string of the molecule is Cc1ncc(C(=O)OC[C@H]2CC(=O)N(Cc3ccccc3)C2)s1. The highest BCUT2D eigenvalue weighted by molar-refractivity contribution is 7.13. The average molecular weight is 330 g/mol. The molecule has 1 aromatic carbocycles. The fourth-order valence-corrected chi connectivity index (χ4v) is 3.31. The summed E-state index contributed by atoms with van der Waals surface area (Å²) >= 11 is 1.32. The van der Waals surface area contributed by atoms with Crippen molar-refractivity contribution in [1.82, 2.24) is 9.88 Å². The number of likely N-dealkylation sites (tertiary alicyclic amines) is 1. The Hall–Kier alpha value is -2.21. The van der Waals surface area contributed by atoms with E-state index in [9.17, 15) is 9.59 Å². The van der Waals surface area contributed by atoms with Gasteiger partial charge in [-0.1, -0.05) is 30.3 Å². The highest BCUT2D eigenvalue weighted by atomic mass is 32.1. The van der Waals surface area contributed by atoms with Gasteiger partial charge in [0.15, 0.2) is 0 Å². The first-order valence-electron chi connectivity index (χ1n) is 7.53. The summed E-state index contributed by atoms with van der Waals surface area (Å²) in [6.07, 6.45) is 1.96. The Morgan fingerprint density at radius 1 is 1.39 bits per heavy atom. The number of benzene rings is 1. The standard InChI is InChI=1S/C17H18N2O3S/c1-12-18-8-15(23-12)17(21)22-11-14-7-16(20)19(10-14)9-13-5-3-2-4-6-13/h2-6,8,14H,7,9-11H2,1H3/t14-/m0/s1. The Bertz CT molecular complexity index is 699. The quantitative estimate of drug-likeness (QED) is 0.791. The highest BCUT2D eigenvalue weighted by Gasteiger charge is 2.30. The molecule has 0 spiro atoms. The van der Waals surface area contributed by atoms with Crippen molar-refractivity contribution in [3.63, 3.8) is 0 Å². The molecule has 0 bridgehead atoms. The smallest absolute Gasteiger partial charge is 0.349 e. The van der Waals surface area contributed by atoms with E-state index < -0.39 is 0 Å². The van der Waals surface area contributed by atoms with Crippen LogP contribution in [0.5, 0.6) is 0 Å². The molecule has 2 heterocycles. The minimum atomic E-state index is -0.357. The van der Waals surface area contributed by atoms with Crippen LogP contribution in [0.3, 0.4) is 0 Å². The Kier molecular flexibility index (Phi) is 4.71. The zero-order valence-electron chi connectivity index (χ0n) is 12.9. The lowest BCUT2D eigenvalue weighted by atomic mass is 10.1. The lowest BCUT2D eigenvalue weighted by Gasteiger charge is -2.16. The monoisotopic (exact) mass is 330 g/mol. The summed E-state index contributed by atoms with van der Waals surface area (Å²) in [6.45, 7) is 3.35. The molecule has 0 unspecified atom stereocenters. The molecular weight excluding hydrogens is 312 g/mol. The molecule has 1 saturated heterocycles. The number of hydrogen-bond acceptors (Lipinski definition) is 5. The number of nitrogens with zero attached hydrogens (tertiary/aromatic N) is 2. The van der Waals surface area contributed by atoms with E-state index in [4.69, 9.17) is 4.74 Å². The van der Waals surface area contributed by atoms with E-state index in [0.29, 0.717) is 24.4 Å². The number of rotatable bonds is 5.